The number of nitrogens with zero attached hydrogens (tertiary/aromatic N) is 1. The zero-order valence-corrected chi connectivity index (χ0v) is 18.8. The first-order chi connectivity index (χ1) is 15.0. The Morgan fingerprint density at radius 2 is 1.81 bits per heavy atom. The lowest BCUT2D eigenvalue weighted by molar-refractivity contribution is -0.124. The molecular formula is C25H32N2O4. The van der Waals surface area contributed by atoms with E-state index in [4.69, 9.17) is 9.47 Å². The van der Waals surface area contributed by atoms with Crippen LogP contribution in [0.3, 0.4) is 0 Å². The molecule has 0 radical (unpaired) electrons. The Kier molecular flexibility index (Phi) is 7.55. The minimum atomic E-state index is -0.354. The topological polar surface area (TPSA) is 67.9 Å². The summed E-state index contributed by atoms with van der Waals surface area (Å²) in [4.78, 5) is 28.0. The summed E-state index contributed by atoms with van der Waals surface area (Å²) >= 11 is 0. The molecule has 166 valence electrons. The maximum absolute atomic E-state index is 13.2. The fourth-order valence-corrected chi connectivity index (χ4v) is 4.08. The van der Waals surface area contributed by atoms with Crippen LogP contribution in [0.5, 0.6) is 11.5 Å². The van der Waals surface area contributed by atoms with Crippen molar-refractivity contribution in [1.29, 1.82) is 0 Å². The van der Waals surface area contributed by atoms with Gasteiger partial charge in [0.25, 0.3) is 5.91 Å². The fourth-order valence-electron chi connectivity index (χ4n) is 4.08. The van der Waals surface area contributed by atoms with Gasteiger partial charge in [-0.3, -0.25) is 9.59 Å². The Morgan fingerprint density at radius 1 is 1.06 bits per heavy atom. The Bertz CT molecular complexity index is 910. The second kappa shape index (κ2) is 10.3. The van der Waals surface area contributed by atoms with E-state index in [1.54, 1.807) is 19.1 Å². The molecule has 6 nitrogen and oxygen atoms in total. The molecule has 2 atom stereocenters. The Hall–Kier alpha value is -3.02. The highest BCUT2D eigenvalue weighted by Gasteiger charge is 2.41. The highest BCUT2D eigenvalue weighted by molar-refractivity contribution is 5.95. The Morgan fingerprint density at radius 3 is 2.45 bits per heavy atom. The van der Waals surface area contributed by atoms with Crippen LogP contribution in [0.15, 0.2) is 42.5 Å². The van der Waals surface area contributed by atoms with Crippen molar-refractivity contribution in [2.24, 2.45) is 5.92 Å². The number of amides is 2. The number of likely N-dealkylation sites (tertiary alicyclic amines) is 1. The van der Waals surface area contributed by atoms with Gasteiger partial charge in [-0.1, -0.05) is 31.0 Å². The van der Waals surface area contributed by atoms with Gasteiger partial charge >= 0.3 is 0 Å². The van der Waals surface area contributed by atoms with Crippen molar-refractivity contribution < 1.29 is 19.1 Å². The van der Waals surface area contributed by atoms with E-state index in [9.17, 15) is 9.59 Å². The number of carbonyl (C=O) groups excluding carboxylic acids is 2. The number of unbranched alkanes of at least 4 members (excludes halogenated alkanes) is 1. The van der Waals surface area contributed by atoms with Crippen LogP contribution < -0.4 is 14.8 Å². The van der Waals surface area contributed by atoms with Crippen LogP contribution in [-0.4, -0.2) is 50.6 Å². The van der Waals surface area contributed by atoms with Crippen molar-refractivity contribution in [2.45, 2.75) is 32.6 Å². The molecule has 0 saturated carbocycles. The summed E-state index contributed by atoms with van der Waals surface area (Å²) in [5, 5.41) is 3.05. The molecule has 2 aromatic rings. The monoisotopic (exact) mass is 424 g/mol. The van der Waals surface area contributed by atoms with E-state index in [0.29, 0.717) is 36.7 Å². The van der Waals surface area contributed by atoms with Crippen molar-refractivity contribution in [2.75, 3.05) is 33.9 Å². The van der Waals surface area contributed by atoms with Gasteiger partial charge < -0.3 is 19.7 Å². The third kappa shape index (κ3) is 5.19. The second-order valence-electron chi connectivity index (χ2n) is 8.04. The molecule has 3 rings (SSSR count). The molecule has 1 aliphatic rings. The number of nitrogens with one attached hydrogen (secondary N) is 1. The summed E-state index contributed by atoms with van der Waals surface area (Å²) in [6.45, 7) is 5.54. The minimum Gasteiger partial charge on any atom is -0.497 e. The highest BCUT2D eigenvalue weighted by atomic mass is 16.5. The van der Waals surface area contributed by atoms with E-state index in [-0.39, 0.29) is 23.7 Å². The minimum absolute atomic E-state index is 0.0254. The standard InChI is InChI=1S/C25H32N2O4/c1-5-6-13-26-24(28)22-16-27(25(29)18-9-7-17(2)8-10-18)15-21(22)20-14-19(30-3)11-12-23(20)31-4/h7-12,14,21-22H,5-6,13,15-16H2,1-4H3,(H,26,28)/t21-,22-/m0/s1. The summed E-state index contributed by atoms with van der Waals surface area (Å²) < 4.78 is 11.0. The molecule has 1 aliphatic heterocycles. The Balaban J connectivity index is 1.91. The van der Waals surface area contributed by atoms with Gasteiger partial charge in [0.15, 0.2) is 0 Å². The van der Waals surface area contributed by atoms with E-state index in [0.717, 1.165) is 24.0 Å². The van der Waals surface area contributed by atoms with E-state index >= 15 is 0 Å². The lowest BCUT2D eigenvalue weighted by Crippen LogP contribution is -2.36. The highest BCUT2D eigenvalue weighted by Crippen LogP contribution is 2.40. The van der Waals surface area contributed by atoms with E-state index in [1.165, 1.54) is 0 Å². The average molecular weight is 425 g/mol. The summed E-state index contributed by atoms with van der Waals surface area (Å²) in [6.07, 6.45) is 1.94. The lowest BCUT2D eigenvalue weighted by Gasteiger charge is -2.21. The smallest absolute Gasteiger partial charge is 0.253 e. The van der Waals surface area contributed by atoms with Crippen LogP contribution >= 0.6 is 0 Å². The van der Waals surface area contributed by atoms with Crippen LogP contribution in [0, 0.1) is 12.8 Å². The number of ether oxygens (including phenoxy) is 2. The number of benzene rings is 2. The van der Waals surface area contributed by atoms with Crippen LogP contribution in [0.1, 0.15) is 47.2 Å². The van der Waals surface area contributed by atoms with Gasteiger partial charge in [-0.25, -0.2) is 0 Å². The summed E-state index contributed by atoms with van der Waals surface area (Å²) in [5.41, 5.74) is 2.62. The first-order valence-corrected chi connectivity index (χ1v) is 10.8. The SMILES string of the molecule is CCCCNC(=O)[C@H]1CN(C(=O)c2ccc(C)cc2)C[C@H]1c1cc(OC)ccc1OC. The second-order valence-corrected chi connectivity index (χ2v) is 8.04. The maximum atomic E-state index is 13.2. The fraction of sp³-hybridized carbons (Fsp3) is 0.440. The molecular weight excluding hydrogens is 392 g/mol. The number of carbonyl (C=O) groups is 2. The van der Waals surface area contributed by atoms with Crippen molar-refractivity contribution in [3.8, 4) is 11.5 Å². The number of rotatable bonds is 8. The molecule has 1 N–H and O–H groups in total. The van der Waals surface area contributed by atoms with Gasteiger partial charge in [-0.05, 0) is 43.7 Å². The molecule has 0 aliphatic carbocycles. The largest absolute Gasteiger partial charge is 0.497 e. The molecule has 6 heteroatoms. The third-order valence-electron chi connectivity index (χ3n) is 5.91. The molecule has 2 amide bonds. The average Bonchev–Trinajstić information content (AvgIpc) is 3.24. The predicted molar refractivity (Wildman–Crippen MR) is 121 cm³/mol. The van der Waals surface area contributed by atoms with E-state index in [2.05, 4.69) is 12.2 Å². The molecule has 0 spiro atoms. The molecule has 1 saturated heterocycles. The number of methoxy groups -OCH3 is 2. The molecule has 0 aromatic heterocycles. The van der Waals surface area contributed by atoms with Crippen molar-refractivity contribution in [1.82, 2.24) is 10.2 Å². The summed E-state index contributed by atoms with van der Waals surface area (Å²) in [5.74, 6) is 0.776. The molecule has 1 heterocycles. The Labute approximate surface area is 184 Å². The van der Waals surface area contributed by atoms with Gasteiger partial charge in [0.2, 0.25) is 5.91 Å². The van der Waals surface area contributed by atoms with Crippen molar-refractivity contribution >= 4 is 11.8 Å². The van der Waals surface area contributed by atoms with Gasteiger partial charge in [0.1, 0.15) is 11.5 Å². The number of hydrogen-bond acceptors (Lipinski definition) is 4. The molecule has 2 aromatic carbocycles. The van der Waals surface area contributed by atoms with E-state index in [1.807, 2.05) is 49.4 Å². The normalized spacial score (nSPS) is 18.0. The number of hydrogen-bond donors (Lipinski definition) is 1. The third-order valence-corrected chi connectivity index (χ3v) is 5.91. The van der Waals surface area contributed by atoms with Crippen LogP contribution in [0.4, 0.5) is 0 Å². The van der Waals surface area contributed by atoms with Gasteiger partial charge in [0.05, 0.1) is 20.1 Å². The lowest BCUT2D eigenvalue weighted by atomic mass is 9.87. The van der Waals surface area contributed by atoms with Crippen molar-refractivity contribution in [3.05, 3.63) is 59.2 Å². The van der Waals surface area contributed by atoms with Gasteiger partial charge in [-0.2, -0.15) is 0 Å². The van der Waals surface area contributed by atoms with Crippen LogP contribution in [0.2, 0.25) is 0 Å². The quantitative estimate of drug-likeness (QED) is 0.655. The summed E-state index contributed by atoms with van der Waals surface area (Å²) in [6, 6.07) is 13.1. The first kappa shape index (κ1) is 22.7. The zero-order chi connectivity index (χ0) is 22.4. The molecule has 0 bridgehead atoms. The summed E-state index contributed by atoms with van der Waals surface area (Å²) in [7, 11) is 3.23. The van der Waals surface area contributed by atoms with Crippen LogP contribution in [-0.2, 0) is 4.79 Å². The molecule has 1 fully saturated rings. The zero-order valence-electron chi connectivity index (χ0n) is 18.8. The van der Waals surface area contributed by atoms with Crippen molar-refractivity contribution in [3.63, 3.8) is 0 Å². The van der Waals surface area contributed by atoms with E-state index < -0.39 is 0 Å². The molecule has 31 heavy (non-hydrogen) atoms. The predicted octanol–water partition coefficient (Wildman–Crippen LogP) is 3.78. The van der Waals surface area contributed by atoms with Gasteiger partial charge in [0, 0.05) is 36.7 Å². The molecule has 0 unspecified atom stereocenters. The maximum Gasteiger partial charge on any atom is 0.253 e. The van der Waals surface area contributed by atoms with Crippen LogP contribution in [0.25, 0.3) is 0 Å². The van der Waals surface area contributed by atoms with Gasteiger partial charge in [-0.15, -0.1) is 0 Å². The first-order valence-electron chi connectivity index (χ1n) is 10.8. The number of aryl methyl sites for hydroxylation is 1.